The van der Waals surface area contributed by atoms with Gasteiger partial charge in [0.25, 0.3) is 5.56 Å². The number of hydrogen-bond donors (Lipinski definition) is 2. The number of rotatable bonds is 10. The molecular formula is C24H26N4O5. The molecule has 33 heavy (non-hydrogen) atoms. The third-order valence-corrected chi connectivity index (χ3v) is 5.47. The van der Waals surface area contributed by atoms with E-state index in [1.165, 1.54) is 4.57 Å². The van der Waals surface area contributed by atoms with Crippen LogP contribution in [0.1, 0.15) is 25.7 Å². The summed E-state index contributed by atoms with van der Waals surface area (Å²) in [5, 5.41) is 12.3. The van der Waals surface area contributed by atoms with E-state index >= 15 is 0 Å². The Morgan fingerprint density at radius 3 is 2.73 bits per heavy atom. The number of fused-ring (bicyclic) bond motifs is 2. The first kappa shape index (κ1) is 22.5. The van der Waals surface area contributed by atoms with E-state index in [0.717, 1.165) is 18.5 Å². The van der Waals surface area contributed by atoms with E-state index in [2.05, 4.69) is 10.3 Å². The Morgan fingerprint density at radius 2 is 1.94 bits per heavy atom. The average molecular weight is 450 g/mol. The predicted octanol–water partition coefficient (Wildman–Crippen LogP) is 2.31. The first-order chi connectivity index (χ1) is 16.1. The number of hydrogen-bond acceptors (Lipinski definition) is 6. The van der Waals surface area contributed by atoms with E-state index in [1.807, 2.05) is 30.3 Å². The zero-order valence-electron chi connectivity index (χ0n) is 18.2. The first-order valence-electron chi connectivity index (χ1n) is 11.0. The number of benzene rings is 2. The van der Waals surface area contributed by atoms with E-state index in [4.69, 9.17) is 4.74 Å². The average Bonchev–Trinajstić information content (AvgIpc) is 3.21. The molecule has 0 saturated heterocycles. The van der Waals surface area contributed by atoms with Crippen LogP contribution in [0, 0.1) is 0 Å². The highest BCUT2D eigenvalue weighted by atomic mass is 16.5. The van der Waals surface area contributed by atoms with Gasteiger partial charge in [-0.1, -0.05) is 18.2 Å². The molecule has 2 N–H and O–H groups in total. The summed E-state index contributed by atoms with van der Waals surface area (Å²) < 4.78 is 7.11. The van der Waals surface area contributed by atoms with Crippen molar-refractivity contribution in [1.29, 1.82) is 0 Å². The molecule has 0 radical (unpaired) electrons. The van der Waals surface area contributed by atoms with Crippen molar-refractivity contribution < 1.29 is 19.4 Å². The van der Waals surface area contributed by atoms with Gasteiger partial charge in [-0.3, -0.25) is 24.3 Å². The van der Waals surface area contributed by atoms with Gasteiger partial charge >= 0.3 is 0 Å². The molecule has 0 spiro atoms. The highest BCUT2D eigenvalue weighted by Gasteiger charge is 2.21. The van der Waals surface area contributed by atoms with Gasteiger partial charge in [-0.25, -0.2) is 4.98 Å². The number of para-hydroxylation sites is 1. The van der Waals surface area contributed by atoms with Crippen LogP contribution in [0.4, 0.5) is 11.6 Å². The van der Waals surface area contributed by atoms with Crippen LogP contribution in [-0.4, -0.2) is 46.2 Å². The SMILES string of the molecule is O=C1Cn2c(nc3ccc(OCCCCCC(=O)N(CCO)c4ccccc4)cc3c2=O)N1. The molecule has 0 unspecified atom stereocenters. The normalized spacial score (nSPS) is 12.5. The lowest BCUT2D eigenvalue weighted by atomic mass is 10.1. The van der Waals surface area contributed by atoms with Gasteiger partial charge < -0.3 is 14.7 Å². The number of amides is 2. The zero-order valence-corrected chi connectivity index (χ0v) is 18.2. The summed E-state index contributed by atoms with van der Waals surface area (Å²) in [4.78, 5) is 42.7. The lowest BCUT2D eigenvalue weighted by molar-refractivity contribution is -0.119. The van der Waals surface area contributed by atoms with Gasteiger partial charge in [0.15, 0.2) is 0 Å². The van der Waals surface area contributed by atoms with Gasteiger partial charge in [0.05, 0.1) is 24.1 Å². The number of aromatic nitrogens is 2. The second-order valence-electron chi connectivity index (χ2n) is 7.82. The molecule has 1 aliphatic rings. The summed E-state index contributed by atoms with van der Waals surface area (Å²) in [6.45, 7) is 0.616. The fourth-order valence-corrected chi connectivity index (χ4v) is 3.83. The largest absolute Gasteiger partial charge is 0.494 e. The summed E-state index contributed by atoms with van der Waals surface area (Å²) in [6, 6.07) is 14.4. The van der Waals surface area contributed by atoms with Crippen LogP contribution in [0.5, 0.6) is 5.75 Å². The quantitative estimate of drug-likeness (QED) is 0.458. The van der Waals surface area contributed by atoms with Crippen molar-refractivity contribution in [2.24, 2.45) is 0 Å². The number of nitrogens with one attached hydrogen (secondary N) is 1. The van der Waals surface area contributed by atoms with E-state index in [0.29, 0.717) is 36.1 Å². The summed E-state index contributed by atoms with van der Waals surface area (Å²) in [5.74, 6) is 0.561. The molecule has 1 aromatic heterocycles. The molecule has 9 heteroatoms. The number of aliphatic hydroxyl groups excluding tert-OH is 1. The van der Waals surface area contributed by atoms with E-state index in [9.17, 15) is 19.5 Å². The zero-order chi connectivity index (χ0) is 23.2. The van der Waals surface area contributed by atoms with Crippen LogP contribution in [0.3, 0.4) is 0 Å². The lowest BCUT2D eigenvalue weighted by Gasteiger charge is -2.22. The monoisotopic (exact) mass is 450 g/mol. The molecular weight excluding hydrogens is 424 g/mol. The Bertz CT molecular complexity index is 1210. The Kier molecular flexibility index (Phi) is 6.99. The van der Waals surface area contributed by atoms with Gasteiger partial charge in [0, 0.05) is 18.7 Å². The maximum absolute atomic E-state index is 12.6. The third-order valence-electron chi connectivity index (χ3n) is 5.47. The molecule has 172 valence electrons. The standard InChI is InChI=1S/C24H26N4O5/c29-13-12-27(17-7-3-1-4-8-17)22(31)9-5-2-6-14-33-18-10-11-20-19(15-18)23(32)28-16-21(30)26-24(28)25-20/h1,3-4,7-8,10-11,15,29H,2,5-6,9,12-14,16H2,(H,25,26,30). The van der Waals surface area contributed by atoms with Crippen molar-refractivity contribution in [2.45, 2.75) is 32.2 Å². The van der Waals surface area contributed by atoms with Crippen molar-refractivity contribution in [3.8, 4) is 5.75 Å². The number of anilines is 2. The van der Waals surface area contributed by atoms with Crippen molar-refractivity contribution >= 4 is 34.4 Å². The van der Waals surface area contributed by atoms with Crippen LogP contribution in [-0.2, 0) is 16.1 Å². The van der Waals surface area contributed by atoms with Gasteiger partial charge in [-0.15, -0.1) is 0 Å². The molecule has 2 aromatic carbocycles. The van der Waals surface area contributed by atoms with E-state index in [-0.39, 0.29) is 43.0 Å². The molecule has 1 aliphatic heterocycles. The Morgan fingerprint density at radius 1 is 1.12 bits per heavy atom. The number of carbonyl (C=O) groups is 2. The number of aliphatic hydroxyl groups is 1. The van der Waals surface area contributed by atoms with Crippen molar-refractivity contribution in [3.05, 3.63) is 58.9 Å². The highest BCUT2D eigenvalue weighted by molar-refractivity contribution is 5.94. The number of ether oxygens (including phenoxy) is 1. The van der Waals surface area contributed by atoms with E-state index < -0.39 is 0 Å². The van der Waals surface area contributed by atoms with Crippen LogP contribution < -0.4 is 20.5 Å². The molecule has 0 saturated carbocycles. The summed E-state index contributed by atoms with van der Waals surface area (Å²) in [6.07, 6.45) is 2.68. The van der Waals surface area contributed by atoms with E-state index in [1.54, 1.807) is 23.1 Å². The smallest absolute Gasteiger partial charge is 0.263 e. The number of carbonyl (C=O) groups excluding carboxylic acids is 2. The second kappa shape index (κ2) is 10.3. The van der Waals surface area contributed by atoms with Gasteiger partial charge in [0.1, 0.15) is 12.3 Å². The van der Waals surface area contributed by atoms with Crippen LogP contribution >= 0.6 is 0 Å². The number of unbranched alkanes of at least 4 members (excludes halogenated alkanes) is 2. The van der Waals surface area contributed by atoms with Crippen LogP contribution in [0.2, 0.25) is 0 Å². The second-order valence-corrected chi connectivity index (χ2v) is 7.82. The molecule has 3 aromatic rings. The maximum atomic E-state index is 12.6. The minimum atomic E-state index is -0.275. The van der Waals surface area contributed by atoms with Crippen molar-refractivity contribution in [3.63, 3.8) is 0 Å². The molecule has 4 rings (SSSR count). The molecule has 2 amide bonds. The van der Waals surface area contributed by atoms with Crippen LogP contribution in [0.15, 0.2) is 53.3 Å². The molecule has 0 aliphatic carbocycles. The Hall–Kier alpha value is -3.72. The fourth-order valence-electron chi connectivity index (χ4n) is 3.83. The molecule has 0 fully saturated rings. The highest BCUT2D eigenvalue weighted by Crippen LogP contribution is 2.21. The van der Waals surface area contributed by atoms with Gasteiger partial charge in [-0.05, 0) is 49.6 Å². The topological polar surface area (TPSA) is 114 Å². The fraction of sp³-hybridized carbons (Fsp3) is 0.333. The predicted molar refractivity (Wildman–Crippen MR) is 124 cm³/mol. The maximum Gasteiger partial charge on any atom is 0.263 e. The minimum Gasteiger partial charge on any atom is -0.494 e. The lowest BCUT2D eigenvalue weighted by Crippen LogP contribution is -2.33. The van der Waals surface area contributed by atoms with Gasteiger partial charge in [-0.2, -0.15) is 0 Å². The van der Waals surface area contributed by atoms with Gasteiger partial charge in [0.2, 0.25) is 17.8 Å². The third kappa shape index (κ3) is 5.20. The minimum absolute atomic E-state index is 0.0147. The van der Waals surface area contributed by atoms with Crippen molar-refractivity contribution in [1.82, 2.24) is 9.55 Å². The molecule has 9 nitrogen and oxygen atoms in total. The Labute approximate surface area is 190 Å². The van der Waals surface area contributed by atoms with Crippen LogP contribution in [0.25, 0.3) is 10.9 Å². The summed E-state index contributed by atoms with van der Waals surface area (Å²) >= 11 is 0. The molecule has 0 bridgehead atoms. The Balaban J connectivity index is 1.26. The van der Waals surface area contributed by atoms with Crippen molar-refractivity contribution in [2.75, 3.05) is 30.0 Å². The first-order valence-corrected chi connectivity index (χ1v) is 11.0. The summed E-state index contributed by atoms with van der Waals surface area (Å²) in [5.41, 5.74) is 1.01. The number of nitrogens with zero attached hydrogens (tertiary/aromatic N) is 3. The molecule has 2 heterocycles. The summed E-state index contributed by atoms with van der Waals surface area (Å²) in [7, 11) is 0. The molecule has 0 atom stereocenters.